The highest BCUT2D eigenvalue weighted by Crippen LogP contribution is 2.15. The molecule has 0 aromatic heterocycles. The number of hydrogen-bond donors (Lipinski definition) is 2. The van der Waals surface area contributed by atoms with E-state index < -0.39 is 9.84 Å². The molecule has 0 saturated carbocycles. The first-order chi connectivity index (χ1) is 11.9. The van der Waals surface area contributed by atoms with Crippen LogP contribution >= 0.6 is 24.0 Å². The lowest BCUT2D eigenvalue weighted by Gasteiger charge is -2.10. The van der Waals surface area contributed by atoms with Gasteiger partial charge in [0.25, 0.3) is 0 Å². The summed E-state index contributed by atoms with van der Waals surface area (Å²) in [7, 11) is -1.52. The van der Waals surface area contributed by atoms with Gasteiger partial charge in [-0.2, -0.15) is 0 Å². The minimum absolute atomic E-state index is 0. The van der Waals surface area contributed by atoms with Gasteiger partial charge in [-0.25, -0.2) is 8.42 Å². The Morgan fingerprint density at radius 2 is 1.81 bits per heavy atom. The van der Waals surface area contributed by atoms with Crippen molar-refractivity contribution in [2.45, 2.75) is 17.9 Å². The molecular formula is C18H24IN3O3S. The predicted octanol–water partition coefficient (Wildman–Crippen LogP) is 2.82. The molecule has 0 saturated heterocycles. The van der Waals surface area contributed by atoms with Gasteiger partial charge >= 0.3 is 0 Å². The Kier molecular flexibility index (Phi) is 9.03. The van der Waals surface area contributed by atoms with Gasteiger partial charge in [-0.1, -0.05) is 30.3 Å². The van der Waals surface area contributed by atoms with Gasteiger partial charge in [-0.15, -0.1) is 24.0 Å². The number of halogens is 1. The van der Waals surface area contributed by atoms with Crippen molar-refractivity contribution in [3.8, 4) is 0 Å². The topological polar surface area (TPSA) is 93.8 Å². The second-order valence-electron chi connectivity index (χ2n) is 5.65. The zero-order valence-corrected chi connectivity index (χ0v) is 18.0. The number of anilines is 1. The van der Waals surface area contributed by atoms with Crippen molar-refractivity contribution in [1.82, 2.24) is 0 Å². The first kappa shape index (κ1) is 22.4. The standard InChI is InChI=1S/C18H23N3O3S.HI/c1-24-13-15-5-3-4-6-17(15)21-18(19)20-12-11-14-7-9-16(10-8-14)25(2,22)23;/h3-10H,11-13H2,1-2H3,(H3,19,20,21);1H. The average Bonchev–Trinajstić information content (AvgIpc) is 2.56. The number of methoxy groups -OCH3 is 1. The molecule has 8 heteroatoms. The number of sulfone groups is 1. The van der Waals surface area contributed by atoms with Crippen molar-refractivity contribution in [2.24, 2.45) is 10.7 Å². The fraction of sp³-hybridized carbons (Fsp3) is 0.278. The average molecular weight is 489 g/mol. The Labute approximate surface area is 171 Å². The monoisotopic (exact) mass is 489 g/mol. The molecule has 2 aromatic carbocycles. The number of nitrogens with one attached hydrogen (secondary N) is 1. The summed E-state index contributed by atoms with van der Waals surface area (Å²) >= 11 is 0. The van der Waals surface area contributed by atoms with Crippen molar-refractivity contribution < 1.29 is 13.2 Å². The molecule has 0 aliphatic rings. The third-order valence-electron chi connectivity index (χ3n) is 3.61. The number of aliphatic imine (C=N–C) groups is 1. The molecule has 6 nitrogen and oxygen atoms in total. The highest BCUT2D eigenvalue weighted by atomic mass is 127. The lowest BCUT2D eigenvalue weighted by molar-refractivity contribution is 0.185. The summed E-state index contributed by atoms with van der Waals surface area (Å²) in [6.45, 7) is 0.993. The maximum Gasteiger partial charge on any atom is 0.193 e. The van der Waals surface area contributed by atoms with Crippen LogP contribution in [0.5, 0.6) is 0 Å². The van der Waals surface area contributed by atoms with Crippen LogP contribution in [-0.4, -0.2) is 34.3 Å². The van der Waals surface area contributed by atoms with Crippen LogP contribution in [-0.2, 0) is 27.6 Å². The molecule has 0 bridgehead atoms. The van der Waals surface area contributed by atoms with E-state index in [-0.39, 0.29) is 24.0 Å². The first-order valence-electron chi connectivity index (χ1n) is 7.83. The SMILES string of the molecule is COCc1ccccc1NC(N)=NCCc1ccc(S(C)(=O)=O)cc1.I. The molecule has 0 unspecified atom stereocenters. The first-order valence-corrected chi connectivity index (χ1v) is 9.72. The van der Waals surface area contributed by atoms with E-state index in [1.165, 1.54) is 6.26 Å². The molecule has 0 spiro atoms. The highest BCUT2D eigenvalue weighted by molar-refractivity contribution is 14.0. The Hall–Kier alpha value is -1.65. The van der Waals surface area contributed by atoms with E-state index >= 15 is 0 Å². The van der Waals surface area contributed by atoms with E-state index in [0.717, 1.165) is 16.8 Å². The van der Waals surface area contributed by atoms with Gasteiger partial charge in [0.2, 0.25) is 0 Å². The van der Waals surface area contributed by atoms with Crippen molar-refractivity contribution in [3.63, 3.8) is 0 Å². The molecule has 0 aliphatic carbocycles. The van der Waals surface area contributed by atoms with Crippen molar-refractivity contribution >= 4 is 45.5 Å². The normalized spacial score (nSPS) is 11.7. The molecule has 26 heavy (non-hydrogen) atoms. The zero-order chi connectivity index (χ0) is 18.3. The second kappa shape index (κ2) is 10.5. The number of ether oxygens (including phenoxy) is 1. The van der Waals surface area contributed by atoms with Crippen LogP contribution in [0.2, 0.25) is 0 Å². The highest BCUT2D eigenvalue weighted by Gasteiger charge is 2.06. The van der Waals surface area contributed by atoms with Gasteiger partial charge < -0.3 is 15.8 Å². The maximum atomic E-state index is 11.4. The molecule has 2 aromatic rings. The van der Waals surface area contributed by atoms with Crippen molar-refractivity contribution in [2.75, 3.05) is 25.2 Å². The van der Waals surface area contributed by atoms with E-state index in [1.807, 2.05) is 24.3 Å². The summed E-state index contributed by atoms with van der Waals surface area (Å²) in [6.07, 6.45) is 1.87. The fourth-order valence-corrected chi connectivity index (χ4v) is 2.94. The summed E-state index contributed by atoms with van der Waals surface area (Å²) in [6, 6.07) is 14.5. The summed E-state index contributed by atoms with van der Waals surface area (Å²) in [4.78, 5) is 4.63. The zero-order valence-electron chi connectivity index (χ0n) is 14.8. The molecule has 0 heterocycles. The van der Waals surface area contributed by atoms with Crippen LogP contribution in [0.1, 0.15) is 11.1 Å². The van der Waals surface area contributed by atoms with Gasteiger partial charge in [-0.3, -0.25) is 4.99 Å². The predicted molar refractivity (Wildman–Crippen MR) is 116 cm³/mol. The van der Waals surface area contributed by atoms with Crippen LogP contribution in [0.3, 0.4) is 0 Å². The number of benzene rings is 2. The minimum atomic E-state index is -3.16. The summed E-state index contributed by atoms with van der Waals surface area (Å²) in [5.41, 5.74) is 8.80. The van der Waals surface area contributed by atoms with Crippen LogP contribution in [0.15, 0.2) is 58.4 Å². The number of rotatable bonds is 7. The fourth-order valence-electron chi connectivity index (χ4n) is 2.31. The molecule has 0 fully saturated rings. The van der Waals surface area contributed by atoms with E-state index in [0.29, 0.717) is 30.4 Å². The Morgan fingerprint density at radius 3 is 2.42 bits per heavy atom. The second-order valence-corrected chi connectivity index (χ2v) is 7.66. The van der Waals surface area contributed by atoms with Gasteiger partial charge in [0.1, 0.15) is 0 Å². The summed E-state index contributed by atoms with van der Waals surface area (Å²) < 4.78 is 28.0. The Bertz CT molecular complexity index is 837. The van der Waals surface area contributed by atoms with Crippen molar-refractivity contribution in [3.05, 3.63) is 59.7 Å². The van der Waals surface area contributed by atoms with Gasteiger partial charge in [-0.05, 0) is 30.2 Å². The van der Waals surface area contributed by atoms with E-state index in [9.17, 15) is 8.42 Å². The Balaban J connectivity index is 0.00000338. The Morgan fingerprint density at radius 1 is 1.15 bits per heavy atom. The quantitative estimate of drug-likeness (QED) is 0.355. The molecule has 0 aliphatic heterocycles. The van der Waals surface area contributed by atoms with Gasteiger partial charge in [0, 0.05) is 31.2 Å². The summed E-state index contributed by atoms with van der Waals surface area (Å²) in [5.74, 6) is 0.330. The van der Waals surface area contributed by atoms with Crippen LogP contribution in [0, 0.1) is 0 Å². The lowest BCUT2D eigenvalue weighted by Crippen LogP contribution is -2.23. The number of hydrogen-bond acceptors (Lipinski definition) is 4. The lowest BCUT2D eigenvalue weighted by atomic mass is 10.1. The molecule has 0 atom stereocenters. The van der Waals surface area contributed by atoms with E-state index in [1.54, 1.807) is 31.4 Å². The number of para-hydroxylation sites is 1. The molecule has 142 valence electrons. The van der Waals surface area contributed by atoms with Gasteiger partial charge in [0.05, 0.1) is 11.5 Å². The summed E-state index contributed by atoms with van der Waals surface area (Å²) in [5, 5.41) is 3.08. The molecule has 3 N–H and O–H groups in total. The van der Waals surface area contributed by atoms with Gasteiger partial charge in [0.15, 0.2) is 15.8 Å². The molecular weight excluding hydrogens is 465 g/mol. The minimum Gasteiger partial charge on any atom is -0.380 e. The van der Waals surface area contributed by atoms with Crippen LogP contribution in [0.4, 0.5) is 5.69 Å². The number of nitrogens with two attached hydrogens (primary N) is 1. The largest absolute Gasteiger partial charge is 0.380 e. The molecule has 2 rings (SSSR count). The molecule has 0 radical (unpaired) electrons. The van der Waals surface area contributed by atoms with Crippen LogP contribution < -0.4 is 11.1 Å². The van der Waals surface area contributed by atoms with E-state index in [2.05, 4.69) is 10.3 Å². The van der Waals surface area contributed by atoms with Crippen molar-refractivity contribution in [1.29, 1.82) is 0 Å². The number of nitrogens with zero attached hydrogens (tertiary/aromatic N) is 1. The third-order valence-corrected chi connectivity index (χ3v) is 4.74. The maximum absolute atomic E-state index is 11.4. The molecule has 0 amide bonds. The number of guanidine groups is 1. The third kappa shape index (κ3) is 6.93. The van der Waals surface area contributed by atoms with Crippen LogP contribution in [0.25, 0.3) is 0 Å². The smallest absolute Gasteiger partial charge is 0.193 e. The van der Waals surface area contributed by atoms with E-state index in [4.69, 9.17) is 10.5 Å².